The predicted molar refractivity (Wildman–Crippen MR) is 134 cm³/mol. The van der Waals surface area contributed by atoms with E-state index >= 15 is 0 Å². The normalized spacial score (nSPS) is 24.1. The van der Waals surface area contributed by atoms with Gasteiger partial charge in [-0.05, 0) is 55.4 Å². The number of hydrogen-bond donors (Lipinski definition) is 0. The van der Waals surface area contributed by atoms with Gasteiger partial charge in [0.15, 0.2) is 0 Å². The molecular weight excluding hydrogens is 539 g/mol. The maximum Gasteiger partial charge on any atom is 0.297 e. The molecule has 0 aromatic heterocycles. The Morgan fingerprint density at radius 3 is 2.47 bits per heavy atom. The van der Waals surface area contributed by atoms with Crippen LogP contribution in [0.25, 0.3) is 0 Å². The van der Waals surface area contributed by atoms with Gasteiger partial charge in [0.05, 0.1) is 10.8 Å². The minimum atomic E-state index is -3.47. The molecule has 1 saturated carbocycles. The highest BCUT2D eigenvalue weighted by Gasteiger charge is 2.59. The number of rotatable bonds is 8. The van der Waals surface area contributed by atoms with Crippen molar-refractivity contribution in [1.29, 1.82) is 0 Å². The lowest BCUT2D eigenvalue weighted by Gasteiger charge is -2.39. The Hall–Kier alpha value is -2.83. The quantitative estimate of drug-likeness (QED) is 0.347. The number of carbonyl (C=O) groups excluding carboxylic acids is 4. The van der Waals surface area contributed by atoms with E-state index in [-0.39, 0.29) is 55.0 Å². The first kappa shape index (κ1) is 26.8. The fourth-order valence-corrected chi connectivity index (χ4v) is 6.47. The average Bonchev–Trinajstić information content (AvgIpc) is 3.68. The molecule has 3 aliphatic heterocycles. The van der Waals surface area contributed by atoms with E-state index in [9.17, 15) is 32.0 Å². The zero-order valence-corrected chi connectivity index (χ0v) is 22.6. The monoisotopic (exact) mass is 566 g/mol. The van der Waals surface area contributed by atoms with Crippen molar-refractivity contribution in [2.24, 2.45) is 11.8 Å². The molecule has 3 amide bonds. The van der Waals surface area contributed by atoms with Crippen LogP contribution in [0.1, 0.15) is 31.7 Å². The third-order valence-electron chi connectivity index (χ3n) is 7.74. The van der Waals surface area contributed by atoms with Gasteiger partial charge in [-0.2, -0.15) is 0 Å². The van der Waals surface area contributed by atoms with Crippen LogP contribution < -0.4 is 0 Å². The summed E-state index contributed by atoms with van der Waals surface area (Å²) in [5, 5.41) is -0.0885. The van der Waals surface area contributed by atoms with Crippen LogP contribution in [0.15, 0.2) is 29.5 Å². The number of hydrogen-bond acceptors (Lipinski definition) is 6. The second-order valence-corrected chi connectivity index (χ2v) is 12.8. The molecule has 5 rings (SSSR count). The number of ketones is 1. The molecule has 2 saturated heterocycles. The predicted octanol–water partition coefficient (Wildman–Crippen LogP) is 1.35. The van der Waals surface area contributed by atoms with Crippen molar-refractivity contribution in [2.75, 3.05) is 32.4 Å². The van der Waals surface area contributed by atoms with Gasteiger partial charge in [0.1, 0.15) is 23.6 Å². The zero-order chi connectivity index (χ0) is 27.5. The lowest BCUT2D eigenvalue weighted by atomic mass is 9.82. The third-order valence-corrected chi connectivity index (χ3v) is 9.89. The molecule has 13 heteroatoms. The molecule has 1 aromatic rings. The van der Waals surface area contributed by atoms with Crippen LogP contribution in [0.2, 0.25) is 5.02 Å². The number of likely N-dealkylation sites (N-methyl/N-ethyl adjacent to an activating group) is 1. The van der Waals surface area contributed by atoms with Crippen molar-refractivity contribution in [3.8, 4) is 0 Å². The van der Waals surface area contributed by atoms with E-state index in [4.69, 9.17) is 11.6 Å². The molecule has 2 unspecified atom stereocenters. The first-order chi connectivity index (χ1) is 18.0. The van der Waals surface area contributed by atoms with Gasteiger partial charge in [0.25, 0.3) is 11.8 Å². The van der Waals surface area contributed by atoms with Crippen LogP contribution in [-0.4, -0.2) is 89.5 Å². The standard InChI is InChI=1S/C25H28ClFN4O6S/c1-3-38(36,37)28(2)10-11-30-22(15-5-6-15)31-20(24(30)34)16-8-9-29(23(33)19(16)21(32)25(31)35)13-14-4-7-18(27)17(26)12-14/h4,7,12,15,19,22H,3,5-6,8-11,13H2,1-2H3. The Kier molecular flexibility index (Phi) is 6.85. The minimum absolute atomic E-state index is 0.0162. The number of halogens is 2. The maximum absolute atomic E-state index is 13.7. The average molecular weight is 567 g/mol. The SMILES string of the molecule is CCS(=O)(=O)N(C)CCN1C(=O)C2=C3CCN(Cc4ccc(F)c(Cl)c4)C(=O)C3C(=O)C(=O)N2C1C1CC1. The second-order valence-electron chi connectivity index (χ2n) is 10.1. The molecule has 10 nitrogen and oxygen atoms in total. The van der Waals surface area contributed by atoms with E-state index in [0.29, 0.717) is 11.1 Å². The van der Waals surface area contributed by atoms with Crippen molar-refractivity contribution in [1.82, 2.24) is 19.0 Å². The van der Waals surface area contributed by atoms with Gasteiger partial charge in [-0.3, -0.25) is 24.1 Å². The number of benzene rings is 1. The van der Waals surface area contributed by atoms with Gasteiger partial charge in [-0.25, -0.2) is 17.1 Å². The molecule has 3 fully saturated rings. The van der Waals surface area contributed by atoms with Crippen LogP contribution in [0.5, 0.6) is 0 Å². The summed E-state index contributed by atoms with van der Waals surface area (Å²) < 4.78 is 39.2. The highest BCUT2D eigenvalue weighted by molar-refractivity contribution is 7.89. The number of carbonyl (C=O) groups is 4. The molecule has 0 spiro atoms. The molecule has 0 radical (unpaired) electrons. The summed E-state index contributed by atoms with van der Waals surface area (Å²) in [6.45, 7) is 1.91. The Morgan fingerprint density at radius 2 is 1.84 bits per heavy atom. The number of likely N-dealkylation sites (tertiary alicyclic amines) is 1. The molecule has 38 heavy (non-hydrogen) atoms. The Bertz CT molecular complexity index is 1380. The van der Waals surface area contributed by atoms with Gasteiger partial charge in [0.2, 0.25) is 21.7 Å². The van der Waals surface area contributed by atoms with Crippen molar-refractivity contribution in [3.63, 3.8) is 0 Å². The van der Waals surface area contributed by atoms with Crippen LogP contribution in [0, 0.1) is 17.7 Å². The van der Waals surface area contributed by atoms with E-state index < -0.39 is 51.4 Å². The van der Waals surface area contributed by atoms with Crippen LogP contribution in [-0.2, 0) is 35.7 Å². The molecule has 0 bridgehead atoms. The molecule has 1 aromatic carbocycles. The largest absolute Gasteiger partial charge is 0.337 e. The molecular formula is C25H28ClFN4O6S. The summed E-state index contributed by atoms with van der Waals surface area (Å²) in [6.07, 6.45) is 1.09. The Balaban J connectivity index is 1.44. The third kappa shape index (κ3) is 4.42. The van der Waals surface area contributed by atoms with Crippen LogP contribution >= 0.6 is 11.6 Å². The van der Waals surface area contributed by atoms with E-state index in [1.807, 2.05) is 0 Å². The second kappa shape index (κ2) is 9.73. The molecule has 204 valence electrons. The van der Waals surface area contributed by atoms with Gasteiger partial charge in [0, 0.05) is 33.2 Å². The van der Waals surface area contributed by atoms with Crippen molar-refractivity contribution in [3.05, 3.63) is 45.9 Å². The summed E-state index contributed by atoms with van der Waals surface area (Å²) in [4.78, 5) is 57.9. The summed E-state index contributed by atoms with van der Waals surface area (Å²) in [6, 6.07) is 4.09. The topological polar surface area (TPSA) is 115 Å². The number of fused-ring (bicyclic) bond motifs is 2. The van der Waals surface area contributed by atoms with Gasteiger partial charge in [-0.15, -0.1) is 0 Å². The van der Waals surface area contributed by atoms with Gasteiger partial charge in [-0.1, -0.05) is 17.7 Å². The van der Waals surface area contributed by atoms with E-state index in [1.165, 1.54) is 51.2 Å². The summed E-state index contributed by atoms with van der Waals surface area (Å²) >= 11 is 5.87. The number of sulfonamides is 1. The first-order valence-electron chi connectivity index (χ1n) is 12.5. The highest BCUT2D eigenvalue weighted by Crippen LogP contribution is 2.47. The first-order valence-corrected chi connectivity index (χ1v) is 14.5. The highest BCUT2D eigenvalue weighted by atomic mass is 35.5. The fourth-order valence-electron chi connectivity index (χ4n) is 5.47. The fraction of sp³-hybridized carbons (Fsp3) is 0.520. The zero-order valence-electron chi connectivity index (χ0n) is 21.0. The summed E-state index contributed by atoms with van der Waals surface area (Å²) in [7, 11) is -2.03. The van der Waals surface area contributed by atoms with Crippen LogP contribution in [0.3, 0.4) is 0 Å². The summed E-state index contributed by atoms with van der Waals surface area (Å²) in [5.74, 6) is -4.88. The minimum Gasteiger partial charge on any atom is -0.337 e. The van der Waals surface area contributed by atoms with Gasteiger partial charge >= 0.3 is 0 Å². The maximum atomic E-state index is 13.7. The molecule has 3 heterocycles. The Morgan fingerprint density at radius 1 is 1.13 bits per heavy atom. The number of amides is 3. The lowest BCUT2D eigenvalue weighted by Crippen LogP contribution is -2.55. The number of Topliss-reactive ketones (excluding diaryl/α,β-unsaturated/α-hetero) is 1. The molecule has 0 N–H and O–H groups in total. The van der Waals surface area contributed by atoms with Gasteiger partial charge < -0.3 is 9.80 Å². The Labute approximate surface area is 225 Å². The molecule has 2 atom stereocenters. The molecule has 1 aliphatic carbocycles. The molecule has 4 aliphatic rings. The number of nitrogens with zero attached hydrogens (tertiary/aromatic N) is 4. The van der Waals surface area contributed by atoms with Crippen molar-refractivity contribution < 1.29 is 32.0 Å². The van der Waals surface area contributed by atoms with E-state index in [1.54, 1.807) is 0 Å². The smallest absolute Gasteiger partial charge is 0.297 e. The van der Waals surface area contributed by atoms with Crippen molar-refractivity contribution in [2.45, 2.75) is 38.9 Å². The van der Waals surface area contributed by atoms with E-state index in [2.05, 4.69) is 0 Å². The van der Waals surface area contributed by atoms with Crippen LogP contribution in [0.4, 0.5) is 4.39 Å². The van der Waals surface area contributed by atoms with Crippen molar-refractivity contribution >= 4 is 45.1 Å². The number of piperidine rings is 1. The van der Waals surface area contributed by atoms with E-state index in [0.717, 1.165) is 12.8 Å². The summed E-state index contributed by atoms with van der Waals surface area (Å²) in [5.41, 5.74) is 0.983. The lowest BCUT2D eigenvalue weighted by molar-refractivity contribution is -0.154.